The Bertz CT molecular complexity index is 242. The molecule has 100 valence electrons. The van der Waals surface area contributed by atoms with Gasteiger partial charge in [0.1, 0.15) is 0 Å². The Balaban J connectivity index is 0. The molecule has 1 N–H and O–H groups in total. The number of nitrogens with one attached hydrogen (secondary N) is 1. The monoisotopic (exact) mass is 239 g/mol. The van der Waals surface area contributed by atoms with E-state index in [9.17, 15) is 4.79 Å². The molecule has 0 saturated heterocycles. The second kappa shape index (κ2) is 10.2. The second-order valence-electron chi connectivity index (χ2n) is 5.42. The van der Waals surface area contributed by atoms with Gasteiger partial charge in [0, 0.05) is 23.8 Å². The Labute approximate surface area is 108 Å². The van der Waals surface area contributed by atoms with Crippen LogP contribution in [0, 0.1) is 29.6 Å². The Morgan fingerprint density at radius 2 is 1.18 bits per heavy atom. The second-order valence-corrected chi connectivity index (χ2v) is 5.42. The molecule has 0 aromatic heterocycles. The highest BCUT2D eigenvalue weighted by Crippen LogP contribution is 1.91. The Morgan fingerprint density at radius 1 is 0.824 bits per heavy atom. The van der Waals surface area contributed by atoms with E-state index >= 15 is 0 Å². The van der Waals surface area contributed by atoms with Crippen LogP contribution >= 0.6 is 0 Å². The molecule has 17 heavy (non-hydrogen) atoms. The van der Waals surface area contributed by atoms with E-state index in [4.69, 9.17) is 0 Å². The van der Waals surface area contributed by atoms with Gasteiger partial charge in [-0.25, -0.2) is 0 Å². The molecule has 0 bridgehead atoms. The van der Waals surface area contributed by atoms with E-state index in [0.717, 1.165) is 0 Å². The van der Waals surface area contributed by atoms with Crippen molar-refractivity contribution in [3.8, 4) is 11.8 Å². The van der Waals surface area contributed by atoms with Crippen molar-refractivity contribution in [3.05, 3.63) is 0 Å². The summed E-state index contributed by atoms with van der Waals surface area (Å²) in [6.07, 6.45) is 0. The van der Waals surface area contributed by atoms with Crippen LogP contribution in [-0.4, -0.2) is 11.9 Å². The van der Waals surface area contributed by atoms with Gasteiger partial charge in [0.2, 0.25) is 5.91 Å². The summed E-state index contributed by atoms with van der Waals surface area (Å²) in [5.41, 5.74) is 0. The van der Waals surface area contributed by atoms with Crippen LogP contribution in [0.25, 0.3) is 0 Å². The molecule has 0 radical (unpaired) electrons. The van der Waals surface area contributed by atoms with Crippen molar-refractivity contribution in [2.45, 2.75) is 61.4 Å². The van der Waals surface area contributed by atoms with Crippen molar-refractivity contribution in [1.82, 2.24) is 5.32 Å². The summed E-state index contributed by atoms with van der Waals surface area (Å²) in [6, 6.07) is 0.264. The van der Waals surface area contributed by atoms with Gasteiger partial charge in [-0.1, -0.05) is 41.5 Å². The van der Waals surface area contributed by atoms with Crippen molar-refractivity contribution in [1.29, 1.82) is 0 Å². The molecule has 0 aliphatic carbocycles. The van der Waals surface area contributed by atoms with Crippen molar-refractivity contribution in [2.24, 2.45) is 17.8 Å². The van der Waals surface area contributed by atoms with Gasteiger partial charge in [0.15, 0.2) is 0 Å². The Hall–Kier alpha value is -0.970. The Morgan fingerprint density at radius 3 is 1.29 bits per heavy atom. The fourth-order valence-electron chi connectivity index (χ4n) is 0.785. The molecule has 0 unspecified atom stereocenters. The summed E-state index contributed by atoms with van der Waals surface area (Å²) >= 11 is 0. The predicted molar refractivity (Wildman–Crippen MR) is 75.6 cm³/mol. The normalized spacial score (nSPS) is 9.88. The van der Waals surface area contributed by atoms with Gasteiger partial charge in [-0.05, 0) is 13.8 Å². The van der Waals surface area contributed by atoms with Crippen LogP contribution in [0.4, 0.5) is 0 Å². The summed E-state index contributed by atoms with van der Waals surface area (Å²) in [7, 11) is 0. The summed E-state index contributed by atoms with van der Waals surface area (Å²) in [6.45, 7) is 16.1. The number of hydrogen-bond donors (Lipinski definition) is 1. The smallest absolute Gasteiger partial charge is 0.222 e. The lowest BCUT2D eigenvalue weighted by Crippen LogP contribution is -2.33. The predicted octanol–water partition coefficient (Wildman–Crippen LogP) is 3.47. The lowest BCUT2D eigenvalue weighted by Gasteiger charge is -2.09. The number of hydrogen-bond acceptors (Lipinski definition) is 1. The molecule has 1 amide bonds. The first kappa shape index (κ1) is 18.4. The van der Waals surface area contributed by atoms with Crippen molar-refractivity contribution >= 4 is 5.91 Å². The maximum absolute atomic E-state index is 10.8. The van der Waals surface area contributed by atoms with Gasteiger partial charge >= 0.3 is 0 Å². The molecule has 0 fully saturated rings. The van der Waals surface area contributed by atoms with Gasteiger partial charge in [-0.3, -0.25) is 4.79 Å². The maximum atomic E-state index is 10.8. The number of rotatable bonds is 2. The summed E-state index contributed by atoms with van der Waals surface area (Å²) < 4.78 is 0. The number of amides is 1. The molecule has 0 aromatic carbocycles. The molecule has 0 spiro atoms. The lowest BCUT2D eigenvalue weighted by atomic mass is 10.2. The molecular formula is C15H29NO. The van der Waals surface area contributed by atoms with Crippen molar-refractivity contribution in [3.63, 3.8) is 0 Å². The molecule has 0 aliphatic heterocycles. The average Bonchev–Trinajstić information content (AvgIpc) is 2.14. The quantitative estimate of drug-likeness (QED) is 0.735. The maximum Gasteiger partial charge on any atom is 0.222 e. The Kier molecular flexibility index (Phi) is 11.0. The first-order chi connectivity index (χ1) is 7.66. The number of carbonyl (C=O) groups excluding carboxylic acids is 1. The van der Waals surface area contributed by atoms with Crippen LogP contribution in [-0.2, 0) is 4.79 Å². The van der Waals surface area contributed by atoms with Gasteiger partial charge in [0.25, 0.3) is 0 Å². The van der Waals surface area contributed by atoms with E-state index in [0.29, 0.717) is 11.8 Å². The highest BCUT2D eigenvalue weighted by molar-refractivity contribution is 5.78. The van der Waals surface area contributed by atoms with E-state index in [1.807, 2.05) is 27.7 Å². The minimum atomic E-state index is 0.104. The van der Waals surface area contributed by atoms with E-state index in [-0.39, 0.29) is 17.9 Å². The molecule has 2 heteroatoms. The van der Waals surface area contributed by atoms with Crippen molar-refractivity contribution < 1.29 is 4.79 Å². The van der Waals surface area contributed by atoms with Crippen molar-refractivity contribution in [2.75, 3.05) is 0 Å². The standard InChI is InChI=1S/C8H14.C7H15NO/c1-7(2)5-6-8(3)4;1-5(2)7(9)8-6(3)4/h7-8H,1-4H3;5-6H,1-4H3,(H,8,9). The summed E-state index contributed by atoms with van der Waals surface area (Å²) in [5.74, 6) is 7.47. The lowest BCUT2D eigenvalue weighted by molar-refractivity contribution is -0.124. The van der Waals surface area contributed by atoms with E-state index in [2.05, 4.69) is 44.9 Å². The third-order valence-corrected chi connectivity index (χ3v) is 1.62. The third-order valence-electron chi connectivity index (χ3n) is 1.62. The average molecular weight is 239 g/mol. The van der Waals surface area contributed by atoms with E-state index < -0.39 is 0 Å². The van der Waals surface area contributed by atoms with Crippen LogP contribution in [0.2, 0.25) is 0 Å². The molecule has 0 saturated carbocycles. The van der Waals surface area contributed by atoms with Gasteiger partial charge in [-0.2, -0.15) is 0 Å². The molecule has 0 aromatic rings. The first-order valence-corrected chi connectivity index (χ1v) is 6.48. The largest absolute Gasteiger partial charge is 0.354 e. The van der Waals surface area contributed by atoms with Gasteiger partial charge in [0.05, 0.1) is 0 Å². The zero-order chi connectivity index (χ0) is 14.0. The molecule has 0 rings (SSSR count). The van der Waals surface area contributed by atoms with Crippen LogP contribution in [0.3, 0.4) is 0 Å². The molecule has 0 atom stereocenters. The molecule has 2 nitrogen and oxygen atoms in total. The van der Waals surface area contributed by atoms with Gasteiger partial charge in [-0.15, -0.1) is 11.8 Å². The molecule has 0 aliphatic rings. The van der Waals surface area contributed by atoms with Crippen LogP contribution in [0.1, 0.15) is 55.4 Å². The minimum Gasteiger partial charge on any atom is -0.354 e. The highest BCUT2D eigenvalue weighted by Gasteiger charge is 2.06. The SMILES string of the molecule is CC(C)C#CC(C)C.CC(C)NC(=O)C(C)C. The number of carbonyl (C=O) groups is 1. The third kappa shape index (κ3) is 17.6. The zero-order valence-corrected chi connectivity index (χ0v) is 12.7. The van der Waals surface area contributed by atoms with Crippen LogP contribution < -0.4 is 5.32 Å². The fourth-order valence-corrected chi connectivity index (χ4v) is 0.785. The fraction of sp³-hybridized carbons (Fsp3) is 0.800. The van der Waals surface area contributed by atoms with E-state index in [1.54, 1.807) is 0 Å². The van der Waals surface area contributed by atoms with Crippen LogP contribution in [0.15, 0.2) is 0 Å². The minimum absolute atomic E-state index is 0.104. The summed E-state index contributed by atoms with van der Waals surface area (Å²) in [4.78, 5) is 10.8. The zero-order valence-electron chi connectivity index (χ0n) is 12.7. The molecular weight excluding hydrogens is 210 g/mol. The van der Waals surface area contributed by atoms with E-state index in [1.165, 1.54) is 0 Å². The first-order valence-electron chi connectivity index (χ1n) is 6.48. The molecule has 0 heterocycles. The highest BCUT2D eigenvalue weighted by atomic mass is 16.1. The topological polar surface area (TPSA) is 29.1 Å². The summed E-state index contributed by atoms with van der Waals surface area (Å²) in [5, 5.41) is 2.80. The van der Waals surface area contributed by atoms with Crippen LogP contribution in [0.5, 0.6) is 0 Å². The van der Waals surface area contributed by atoms with Gasteiger partial charge < -0.3 is 5.32 Å².